The number of hydrogen-bond donors (Lipinski definition) is 1. The largest absolute Gasteiger partial charge is 0.309 e. The molecule has 5 heteroatoms. The molecule has 2 aromatic carbocycles. The summed E-state index contributed by atoms with van der Waals surface area (Å²) in [6.07, 6.45) is 0. The van der Waals surface area contributed by atoms with Crippen molar-refractivity contribution in [2.24, 2.45) is 0 Å². The van der Waals surface area contributed by atoms with E-state index in [1.807, 2.05) is 0 Å². The van der Waals surface area contributed by atoms with Crippen LogP contribution in [0.1, 0.15) is 17.2 Å². The lowest BCUT2D eigenvalue weighted by Gasteiger charge is -2.19. The lowest BCUT2D eigenvalue weighted by molar-refractivity contribution is 0.487. The highest BCUT2D eigenvalue weighted by Crippen LogP contribution is 2.34. The Morgan fingerprint density at radius 1 is 1.00 bits per heavy atom. The van der Waals surface area contributed by atoms with Gasteiger partial charge in [-0.15, -0.1) is 0 Å². The fourth-order valence-electron chi connectivity index (χ4n) is 1.97. The lowest BCUT2D eigenvalue weighted by atomic mass is 9.98. The van der Waals surface area contributed by atoms with Gasteiger partial charge < -0.3 is 5.32 Å². The molecule has 100 valence electrons. The second-order valence-electron chi connectivity index (χ2n) is 4.01. The van der Waals surface area contributed by atoms with Crippen LogP contribution in [-0.2, 0) is 0 Å². The predicted octanol–water partition coefficient (Wildman–Crippen LogP) is 4.58. The van der Waals surface area contributed by atoms with Crippen LogP contribution in [0.2, 0.25) is 10.0 Å². The van der Waals surface area contributed by atoms with E-state index in [-0.39, 0.29) is 5.56 Å². The highest BCUT2D eigenvalue weighted by atomic mass is 35.5. The van der Waals surface area contributed by atoms with Gasteiger partial charge in [0.05, 0.1) is 16.1 Å². The van der Waals surface area contributed by atoms with Crippen molar-refractivity contribution in [3.63, 3.8) is 0 Å². The Kier molecular flexibility index (Phi) is 4.40. The maximum Gasteiger partial charge on any atom is 0.163 e. The van der Waals surface area contributed by atoms with E-state index in [0.717, 1.165) is 6.07 Å². The molecule has 0 bridgehead atoms. The number of benzene rings is 2. The third-order valence-corrected chi connectivity index (χ3v) is 3.71. The molecule has 1 unspecified atom stereocenters. The molecule has 0 aliphatic rings. The van der Waals surface area contributed by atoms with Crippen molar-refractivity contribution in [3.05, 3.63) is 69.2 Å². The first kappa shape index (κ1) is 14.3. The van der Waals surface area contributed by atoms with Crippen LogP contribution < -0.4 is 5.32 Å². The zero-order chi connectivity index (χ0) is 14.0. The Bertz CT molecular complexity index is 550. The molecule has 1 nitrogen and oxygen atoms in total. The smallest absolute Gasteiger partial charge is 0.163 e. The van der Waals surface area contributed by atoms with Gasteiger partial charge >= 0.3 is 0 Å². The molecule has 0 amide bonds. The molecule has 19 heavy (non-hydrogen) atoms. The first-order chi connectivity index (χ1) is 9.06. The average molecular weight is 302 g/mol. The van der Waals surface area contributed by atoms with Gasteiger partial charge in [0.15, 0.2) is 11.6 Å². The highest BCUT2D eigenvalue weighted by Gasteiger charge is 2.21. The van der Waals surface area contributed by atoms with Crippen LogP contribution in [0.5, 0.6) is 0 Å². The molecule has 0 radical (unpaired) electrons. The zero-order valence-electron chi connectivity index (χ0n) is 10.1. The molecule has 0 fully saturated rings. The summed E-state index contributed by atoms with van der Waals surface area (Å²) in [5.74, 6) is -1.78. The molecule has 0 heterocycles. The van der Waals surface area contributed by atoms with Crippen molar-refractivity contribution in [1.82, 2.24) is 5.32 Å². The Morgan fingerprint density at radius 2 is 1.63 bits per heavy atom. The van der Waals surface area contributed by atoms with E-state index in [2.05, 4.69) is 5.32 Å². The van der Waals surface area contributed by atoms with Gasteiger partial charge in [0.1, 0.15) is 0 Å². The van der Waals surface area contributed by atoms with Crippen LogP contribution in [0, 0.1) is 11.6 Å². The zero-order valence-corrected chi connectivity index (χ0v) is 11.6. The maximum atomic E-state index is 13.9. The van der Waals surface area contributed by atoms with Crippen molar-refractivity contribution >= 4 is 23.2 Å². The molecule has 0 spiro atoms. The molecule has 2 rings (SSSR count). The molecule has 0 saturated heterocycles. The second kappa shape index (κ2) is 5.87. The standard InChI is InChI=1S/C14H11Cl2F2N/c1-19-14(8-4-2-6-10(15)12(8)16)9-5-3-7-11(17)13(9)18/h2-7,14,19H,1H3. The minimum absolute atomic E-state index is 0.187. The van der Waals surface area contributed by atoms with Crippen molar-refractivity contribution in [2.75, 3.05) is 7.05 Å². The van der Waals surface area contributed by atoms with Crippen LogP contribution in [0.15, 0.2) is 36.4 Å². The van der Waals surface area contributed by atoms with Crippen molar-refractivity contribution in [1.29, 1.82) is 0 Å². The maximum absolute atomic E-state index is 13.9. The minimum Gasteiger partial charge on any atom is -0.309 e. The summed E-state index contributed by atoms with van der Waals surface area (Å²) in [6.45, 7) is 0. The summed E-state index contributed by atoms with van der Waals surface area (Å²) < 4.78 is 27.2. The van der Waals surface area contributed by atoms with Crippen molar-refractivity contribution in [2.45, 2.75) is 6.04 Å². The summed E-state index contributed by atoms with van der Waals surface area (Å²) in [7, 11) is 1.65. The predicted molar refractivity (Wildman–Crippen MR) is 73.7 cm³/mol. The molecule has 1 atom stereocenters. The van der Waals surface area contributed by atoms with Gasteiger partial charge in [0.2, 0.25) is 0 Å². The van der Waals surface area contributed by atoms with Crippen LogP contribution in [0.25, 0.3) is 0 Å². The van der Waals surface area contributed by atoms with Crippen LogP contribution in [0.4, 0.5) is 8.78 Å². The first-order valence-corrected chi connectivity index (χ1v) is 6.37. The van der Waals surface area contributed by atoms with Crippen molar-refractivity contribution in [3.8, 4) is 0 Å². The van der Waals surface area contributed by atoms with E-state index < -0.39 is 17.7 Å². The lowest BCUT2D eigenvalue weighted by Crippen LogP contribution is -2.20. The van der Waals surface area contributed by atoms with Gasteiger partial charge in [-0.1, -0.05) is 47.5 Å². The third-order valence-electron chi connectivity index (χ3n) is 2.87. The van der Waals surface area contributed by atoms with Gasteiger partial charge in [0.25, 0.3) is 0 Å². The number of rotatable bonds is 3. The monoisotopic (exact) mass is 301 g/mol. The van der Waals surface area contributed by atoms with Gasteiger partial charge in [-0.25, -0.2) is 8.78 Å². The van der Waals surface area contributed by atoms with E-state index in [1.165, 1.54) is 12.1 Å². The third kappa shape index (κ3) is 2.73. The van der Waals surface area contributed by atoms with E-state index in [0.29, 0.717) is 15.6 Å². The van der Waals surface area contributed by atoms with E-state index >= 15 is 0 Å². The Morgan fingerprint density at radius 3 is 2.32 bits per heavy atom. The van der Waals surface area contributed by atoms with Gasteiger partial charge in [-0.2, -0.15) is 0 Å². The average Bonchev–Trinajstić information content (AvgIpc) is 2.40. The highest BCUT2D eigenvalue weighted by molar-refractivity contribution is 6.42. The quantitative estimate of drug-likeness (QED) is 0.875. The van der Waals surface area contributed by atoms with Crippen LogP contribution in [-0.4, -0.2) is 7.05 Å². The molecular weight excluding hydrogens is 291 g/mol. The molecule has 2 aromatic rings. The summed E-state index contributed by atoms with van der Waals surface area (Å²) >= 11 is 12.1. The van der Waals surface area contributed by atoms with E-state index in [4.69, 9.17) is 23.2 Å². The van der Waals surface area contributed by atoms with E-state index in [9.17, 15) is 8.78 Å². The fourth-order valence-corrected chi connectivity index (χ4v) is 2.38. The number of hydrogen-bond acceptors (Lipinski definition) is 1. The van der Waals surface area contributed by atoms with Gasteiger partial charge in [-0.05, 0) is 24.7 Å². The molecule has 0 aliphatic heterocycles. The normalized spacial score (nSPS) is 12.5. The molecule has 0 aliphatic carbocycles. The fraction of sp³-hybridized carbons (Fsp3) is 0.143. The summed E-state index contributed by atoms with van der Waals surface area (Å²) in [5.41, 5.74) is 0.785. The van der Waals surface area contributed by atoms with Crippen molar-refractivity contribution < 1.29 is 8.78 Å². The Labute approximate surface area is 120 Å². The SMILES string of the molecule is CNC(c1cccc(F)c1F)c1cccc(Cl)c1Cl. The van der Waals surface area contributed by atoms with Crippen LogP contribution in [0.3, 0.4) is 0 Å². The number of halogens is 4. The Balaban J connectivity index is 2.57. The molecule has 1 N–H and O–H groups in total. The first-order valence-electron chi connectivity index (χ1n) is 5.61. The summed E-state index contributed by atoms with van der Waals surface area (Å²) in [5, 5.41) is 3.62. The summed E-state index contributed by atoms with van der Waals surface area (Å²) in [4.78, 5) is 0. The van der Waals surface area contributed by atoms with Gasteiger partial charge in [-0.3, -0.25) is 0 Å². The Hall–Kier alpha value is -1.16. The summed E-state index contributed by atoms with van der Waals surface area (Å²) in [6, 6.07) is 8.55. The molecule has 0 saturated carbocycles. The molecular formula is C14H11Cl2F2N. The van der Waals surface area contributed by atoms with Crippen LogP contribution >= 0.6 is 23.2 Å². The van der Waals surface area contributed by atoms with E-state index in [1.54, 1.807) is 25.2 Å². The topological polar surface area (TPSA) is 12.0 Å². The minimum atomic E-state index is -0.893. The number of nitrogens with one attached hydrogen (secondary N) is 1. The second-order valence-corrected chi connectivity index (χ2v) is 4.79. The molecule has 0 aromatic heterocycles. The van der Waals surface area contributed by atoms with Gasteiger partial charge in [0, 0.05) is 5.56 Å².